The van der Waals surface area contributed by atoms with Gasteiger partial charge in [-0.05, 0) is 61.4 Å². The Labute approximate surface area is 168 Å². The summed E-state index contributed by atoms with van der Waals surface area (Å²) in [7, 11) is -3.29. The minimum atomic E-state index is -3.29. The molecule has 0 N–H and O–H groups in total. The Morgan fingerprint density at radius 2 is 1.82 bits per heavy atom. The molecule has 1 heterocycles. The van der Waals surface area contributed by atoms with Crippen molar-refractivity contribution in [2.24, 2.45) is 4.99 Å². The van der Waals surface area contributed by atoms with Crippen LogP contribution in [-0.4, -0.2) is 24.6 Å². The number of amides is 1. The molecule has 0 radical (unpaired) electrons. The smallest absolute Gasteiger partial charge is 0.279 e. The summed E-state index contributed by atoms with van der Waals surface area (Å²) in [6.07, 6.45) is 1.77. The number of hydrogen-bond acceptors (Lipinski definition) is 4. The normalized spacial score (nSPS) is 12.5. The highest BCUT2D eigenvalue weighted by Crippen LogP contribution is 2.22. The molecular weight excluding hydrogens is 392 g/mol. The van der Waals surface area contributed by atoms with Crippen LogP contribution in [0.15, 0.2) is 58.9 Å². The van der Waals surface area contributed by atoms with E-state index in [0.29, 0.717) is 16.9 Å². The number of carbonyl (C=O) groups is 1. The van der Waals surface area contributed by atoms with E-state index >= 15 is 0 Å². The zero-order valence-electron chi connectivity index (χ0n) is 16.1. The van der Waals surface area contributed by atoms with Gasteiger partial charge < -0.3 is 4.57 Å². The van der Waals surface area contributed by atoms with Crippen LogP contribution in [0.25, 0.3) is 10.2 Å². The summed E-state index contributed by atoms with van der Waals surface area (Å²) >= 11 is 1.45. The van der Waals surface area contributed by atoms with Gasteiger partial charge in [0.2, 0.25) is 0 Å². The molecule has 0 atom stereocenters. The van der Waals surface area contributed by atoms with Crippen molar-refractivity contribution < 1.29 is 13.2 Å². The largest absolute Gasteiger partial charge is 0.312 e. The minimum Gasteiger partial charge on any atom is -0.312 e. The molecule has 146 valence electrons. The number of fused-ring (bicyclic) bond motifs is 1. The first kappa shape index (κ1) is 20.2. The van der Waals surface area contributed by atoms with Crippen molar-refractivity contribution in [3.63, 3.8) is 0 Å². The average molecular weight is 415 g/mol. The molecule has 2 aromatic carbocycles. The van der Waals surface area contributed by atoms with Gasteiger partial charge in [-0.1, -0.05) is 24.3 Å². The third kappa shape index (κ3) is 3.86. The van der Waals surface area contributed by atoms with Gasteiger partial charge in [-0.15, -0.1) is 6.58 Å². The van der Waals surface area contributed by atoms with Crippen LogP contribution < -0.4 is 4.80 Å². The summed E-state index contributed by atoms with van der Waals surface area (Å²) in [5.74, 6) is -0.384. The van der Waals surface area contributed by atoms with Crippen LogP contribution in [-0.2, 0) is 16.4 Å². The Morgan fingerprint density at radius 1 is 1.18 bits per heavy atom. The van der Waals surface area contributed by atoms with Crippen molar-refractivity contribution in [3.8, 4) is 0 Å². The topological polar surface area (TPSA) is 68.5 Å². The lowest BCUT2D eigenvalue weighted by molar-refractivity contribution is 0.0998. The summed E-state index contributed by atoms with van der Waals surface area (Å²) < 4.78 is 26.9. The molecule has 7 heteroatoms. The molecule has 0 aliphatic carbocycles. The van der Waals surface area contributed by atoms with Gasteiger partial charge in [0.1, 0.15) is 0 Å². The molecule has 0 saturated heterocycles. The third-order valence-electron chi connectivity index (χ3n) is 4.65. The van der Waals surface area contributed by atoms with E-state index in [1.807, 2.05) is 4.57 Å². The van der Waals surface area contributed by atoms with E-state index in [9.17, 15) is 13.2 Å². The Morgan fingerprint density at radius 3 is 2.43 bits per heavy atom. The molecule has 0 fully saturated rings. The average Bonchev–Trinajstić information content (AvgIpc) is 2.99. The molecule has 1 aromatic heterocycles. The molecule has 5 nitrogen and oxygen atoms in total. The lowest BCUT2D eigenvalue weighted by Crippen LogP contribution is -2.16. The quantitative estimate of drug-likeness (QED) is 0.592. The summed E-state index contributed by atoms with van der Waals surface area (Å²) in [5, 5.41) is 0. The van der Waals surface area contributed by atoms with E-state index < -0.39 is 15.7 Å². The summed E-state index contributed by atoms with van der Waals surface area (Å²) in [4.78, 5) is 17.8. The second kappa shape index (κ2) is 7.85. The van der Waals surface area contributed by atoms with Crippen molar-refractivity contribution in [3.05, 3.63) is 70.5 Å². The maximum absolute atomic E-state index is 12.7. The van der Waals surface area contributed by atoms with Crippen molar-refractivity contribution in [2.45, 2.75) is 32.2 Å². The summed E-state index contributed by atoms with van der Waals surface area (Å²) in [6.45, 7) is 10.0. The zero-order valence-corrected chi connectivity index (χ0v) is 17.7. The van der Waals surface area contributed by atoms with Gasteiger partial charge in [0.25, 0.3) is 5.91 Å². The summed E-state index contributed by atoms with van der Waals surface area (Å²) in [5.41, 5.74) is 3.73. The first-order valence-electron chi connectivity index (χ1n) is 8.90. The number of carbonyl (C=O) groups excluding carboxylic acids is 1. The Hall–Kier alpha value is -2.51. The maximum Gasteiger partial charge on any atom is 0.279 e. The lowest BCUT2D eigenvalue weighted by Gasteiger charge is -2.04. The fourth-order valence-electron chi connectivity index (χ4n) is 2.84. The monoisotopic (exact) mass is 414 g/mol. The second-order valence-electron chi connectivity index (χ2n) is 6.53. The van der Waals surface area contributed by atoms with Gasteiger partial charge in [-0.2, -0.15) is 4.99 Å². The number of sulfone groups is 1. The fraction of sp³-hybridized carbons (Fsp3) is 0.238. The highest BCUT2D eigenvalue weighted by Gasteiger charge is 2.13. The van der Waals surface area contributed by atoms with Gasteiger partial charge in [0, 0.05) is 12.1 Å². The van der Waals surface area contributed by atoms with Crippen LogP contribution in [0.1, 0.15) is 28.4 Å². The highest BCUT2D eigenvalue weighted by atomic mass is 32.2. The fourth-order valence-corrected chi connectivity index (χ4v) is 4.84. The second-order valence-corrected chi connectivity index (χ2v) is 9.82. The molecule has 0 aliphatic rings. The molecule has 3 aromatic rings. The molecule has 1 amide bonds. The predicted octanol–water partition coefficient (Wildman–Crippen LogP) is 4.04. The number of allylic oxidation sites excluding steroid dienone is 1. The van der Waals surface area contributed by atoms with Gasteiger partial charge in [0.15, 0.2) is 14.6 Å². The zero-order chi connectivity index (χ0) is 20.5. The number of aryl methyl sites for hydroxylation is 2. The number of aromatic nitrogens is 1. The van der Waals surface area contributed by atoms with E-state index in [2.05, 4.69) is 37.6 Å². The Balaban J connectivity index is 2.07. The van der Waals surface area contributed by atoms with Crippen molar-refractivity contribution in [1.29, 1.82) is 0 Å². The van der Waals surface area contributed by atoms with Crippen LogP contribution >= 0.6 is 11.3 Å². The van der Waals surface area contributed by atoms with Gasteiger partial charge in [-0.3, -0.25) is 4.79 Å². The Bertz CT molecular complexity index is 1230. The minimum absolute atomic E-state index is 0.0207. The molecule has 0 bridgehead atoms. The number of hydrogen-bond donors (Lipinski definition) is 0. The van der Waals surface area contributed by atoms with E-state index in [1.165, 1.54) is 46.7 Å². The molecule has 28 heavy (non-hydrogen) atoms. The van der Waals surface area contributed by atoms with Crippen molar-refractivity contribution in [1.82, 2.24) is 4.57 Å². The first-order chi connectivity index (χ1) is 13.3. The van der Waals surface area contributed by atoms with E-state index in [-0.39, 0.29) is 10.6 Å². The van der Waals surface area contributed by atoms with Crippen LogP contribution in [0.2, 0.25) is 0 Å². The van der Waals surface area contributed by atoms with Crippen molar-refractivity contribution >= 4 is 37.3 Å². The van der Waals surface area contributed by atoms with Gasteiger partial charge in [0.05, 0.1) is 20.9 Å². The highest BCUT2D eigenvalue weighted by molar-refractivity contribution is 7.91. The Kier molecular flexibility index (Phi) is 5.67. The van der Waals surface area contributed by atoms with Crippen LogP contribution in [0.5, 0.6) is 0 Å². The van der Waals surface area contributed by atoms with Crippen LogP contribution in [0, 0.1) is 13.8 Å². The van der Waals surface area contributed by atoms with E-state index in [4.69, 9.17) is 0 Å². The van der Waals surface area contributed by atoms with Crippen LogP contribution in [0.3, 0.4) is 0 Å². The lowest BCUT2D eigenvalue weighted by atomic mass is 10.1. The van der Waals surface area contributed by atoms with E-state index in [1.54, 1.807) is 13.0 Å². The maximum atomic E-state index is 12.7. The molecule has 0 aliphatic heterocycles. The summed E-state index contributed by atoms with van der Waals surface area (Å²) in [6, 6.07) is 10.1. The first-order valence-corrected chi connectivity index (χ1v) is 11.4. The van der Waals surface area contributed by atoms with Crippen LogP contribution in [0.4, 0.5) is 0 Å². The molecule has 0 unspecified atom stereocenters. The molecule has 0 spiro atoms. The molecule has 3 rings (SSSR count). The van der Waals surface area contributed by atoms with Crippen molar-refractivity contribution in [2.75, 3.05) is 5.75 Å². The number of nitrogens with zero attached hydrogens (tertiary/aromatic N) is 2. The van der Waals surface area contributed by atoms with Gasteiger partial charge >= 0.3 is 0 Å². The van der Waals surface area contributed by atoms with E-state index in [0.717, 1.165) is 10.2 Å². The molecule has 0 saturated carbocycles. The third-order valence-corrected chi connectivity index (χ3v) is 7.44. The number of rotatable bonds is 5. The van der Waals surface area contributed by atoms with Gasteiger partial charge in [-0.25, -0.2) is 8.42 Å². The number of benzene rings is 2. The molecular formula is C21H22N2O3S2. The standard InChI is InChI=1S/C21H22N2O3S2/c1-5-11-23-18-12-14(3)15(4)13-19(18)27-21(23)22-20(24)16-7-9-17(10-8-16)28(25,26)6-2/h5,7-10,12-13H,1,6,11H2,2-4H3. The number of thiazole rings is 1. The SMILES string of the molecule is C=CCn1c(=NC(=O)c2ccc(S(=O)(=O)CC)cc2)sc2cc(C)c(C)cc21. The predicted molar refractivity (Wildman–Crippen MR) is 114 cm³/mol.